The van der Waals surface area contributed by atoms with Crippen molar-refractivity contribution in [1.29, 1.82) is 0 Å². The molecule has 0 unspecified atom stereocenters. The Balaban J connectivity index is 1.29. The summed E-state index contributed by atoms with van der Waals surface area (Å²) in [5, 5.41) is 36.5. The van der Waals surface area contributed by atoms with Crippen molar-refractivity contribution in [2.24, 2.45) is 11.8 Å². The van der Waals surface area contributed by atoms with Crippen molar-refractivity contribution in [3.8, 4) is 17.6 Å². The Morgan fingerprint density at radius 1 is 0.787 bits per heavy atom. The molecule has 9 rings (SSSR count). The van der Waals surface area contributed by atoms with E-state index in [1.54, 1.807) is 89.8 Å². The summed E-state index contributed by atoms with van der Waals surface area (Å²) in [5.41, 5.74) is -0.00615. The first-order valence-electron chi connectivity index (χ1n) is 23.7. The number of amides is 3. The van der Waals surface area contributed by atoms with Crippen LogP contribution >= 0.6 is 0 Å². The number of imide groups is 1. The van der Waals surface area contributed by atoms with E-state index in [2.05, 4.69) is 17.2 Å². The molecule has 380 valence electrons. The van der Waals surface area contributed by atoms with Crippen LogP contribution in [0, 0.1) is 33.8 Å². The second-order valence-corrected chi connectivity index (χ2v) is 18.0. The maximum atomic E-state index is 16.5. The van der Waals surface area contributed by atoms with E-state index in [1.165, 1.54) is 54.6 Å². The molecule has 6 aromatic carbocycles. The zero-order chi connectivity index (χ0) is 53.0. The second-order valence-electron chi connectivity index (χ2n) is 18.0. The summed E-state index contributed by atoms with van der Waals surface area (Å²) in [6, 6.07) is 38.2. The smallest absolute Gasteiger partial charge is 0.421 e. The Bertz CT molecular complexity index is 3200. The molecule has 1 spiro atoms. The SMILES string of the molecule is COC(=O)C(CC#Cc1ccc2c(c1)[C@]1(C(=O)N2C(=O)OCc2ccc([N+](=O)[O-])cc2)[C@H](C(=O)NC[C@H](O)c2ccccc2)[C@H]2C(=O)O[C@H](c3ccccc3)[C@H](c3ccccc3)N2[C@@H]1c1ccc(O)cc1)C(=O)OC. The largest absolute Gasteiger partial charge is 0.508 e. The van der Waals surface area contributed by atoms with E-state index in [4.69, 9.17) is 18.9 Å². The van der Waals surface area contributed by atoms with E-state index in [0.717, 1.165) is 19.1 Å². The number of aliphatic hydroxyl groups is 1. The lowest BCUT2D eigenvalue weighted by Crippen LogP contribution is -2.56. The normalized spacial score (nSPS) is 21.0. The number of rotatable bonds is 13. The van der Waals surface area contributed by atoms with Crippen molar-refractivity contribution in [2.75, 3.05) is 25.7 Å². The number of ether oxygens (including phenoxy) is 4. The van der Waals surface area contributed by atoms with Crippen LogP contribution in [-0.2, 0) is 54.9 Å². The summed E-state index contributed by atoms with van der Waals surface area (Å²) >= 11 is 0. The van der Waals surface area contributed by atoms with Gasteiger partial charge < -0.3 is 34.5 Å². The van der Waals surface area contributed by atoms with Crippen LogP contribution in [0.15, 0.2) is 158 Å². The highest BCUT2D eigenvalue weighted by molar-refractivity contribution is 6.23. The number of hydrogen-bond acceptors (Lipinski definition) is 15. The molecule has 3 amide bonds. The topological polar surface area (TPSA) is 241 Å². The summed E-state index contributed by atoms with van der Waals surface area (Å²) in [4.78, 5) is 101. The van der Waals surface area contributed by atoms with E-state index in [0.29, 0.717) is 27.8 Å². The van der Waals surface area contributed by atoms with Gasteiger partial charge in [-0.25, -0.2) is 9.69 Å². The lowest BCUT2D eigenvalue weighted by molar-refractivity contribution is -0.384. The number of carbonyl (C=O) groups is 6. The van der Waals surface area contributed by atoms with Gasteiger partial charge in [-0.05, 0) is 75.8 Å². The Labute approximate surface area is 429 Å². The minimum absolute atomic E-state index is 0.0381. The minimum atomic E-state index is -2.30. The van der Waals surface area contributed by atoms with E-state index in [1.807, 2.05) is 18.2 Å². The number of carbonyl (C=O) groups excluding carboxylic acids is 6. The molecular formula is C57H48N4O14. The fourth-order valence-electron chi connectivity index (χ4n) is 10.4. The van der Waals surface area contributed by atoms with Crippen molar-refractivity contribution in [1.82, 2.24) is 10.2 Å². The molecule has 3 heterocycles. The fourth-order valence-corrected chi connectivity index (χ4v) is 10.4. The van der Waals surface area contributed by atoms with Crippen LogP contribution in [0.25, 0.3) is 0 Å². The van der Waals surface area contributed by atoms with Crippen LogP contribution in [0.3, 0.4) is 0 Å². The van der Waals surface area contributed by atoms with Crippen molar-refractivity contribution < 1.29 is 62.9 Å². The molecule has 0 aliphatic carbocycles. The van der Waals surface area contributed by atoms with Gasteiger partial charge in [-0.15, -0.1) is 0 Å². The predicted molar refractivity (Wildman–Crippen MR) is 267 cm³/mol. The highest BCUT2D eigenvalue weighted by atomic mass is 16.6. The number of anilines is 1. The number of aromatic hydroxyl groups is 1. The van der Waals surface area contributed by atoms with Gasteiger partial charge in [0.05, 0.1) is 48.9 Å². The van der Waals surface area contributed by atoms with Gasteiger partial charge in [-0.2, -0.15) is 0 Å². The molecule has 18 nitrogen and oxygen atoms in total. The zero-order valence-corrected chi connectivity index (χ0v) is 40.3. The molecule has 3 aliphatic heterocycles. The lowest BCUT2D eigenvalue weighted by Gasteiger charge is -2.46. The number of nitrogens with one attached hydrogen (secondary N) is 1. The standard InChI is InChI=1S/C57H48N4O14/c1-72-52(65)42(53(66)73-2)20-12-13-34-23-30-44-43(31-34)57(55(68)59(44)56(69)74-33-35-21-26-40(27-22-35)61(70)71)46(51(64)58-32-45(63)36-14-6-3-7-15-36)48-54(67)75-49(38-18-10-5-11-19-38)47(37-16-8-4-9-17-37)60(48)50(57)39-24-28-41(62)29-25-39/h3-11,14-19,21-31,42,45-50,62-63H,20,32-33H2,1-2H3,(H,58,64)/t45-,46-,47-,48-,49+,50+,57-/m0/s1. The number of methoxy groups -OCH3 is 2. The van der Waals surface area contributed by atoms with Crippen LogP contribution in [-0.4, -0.2) is 82.7 Å². The maximum Gasteiger partial charge on any atom is 0.421 e. The third-order valence-corrected chi connectivity index (χ3v) is 13.8. The molecule has 0 saturated carbocycles. The zero-order valence-electron chi connectivity index (χ0n) is 40.3. The van der Waals surface area contributed by atoms with Gasteiger partial charge in [0.2, 0.25) is 11.8 Å². The predicted octanol–water partition coefficient (Wildman–Crippen LogP) is 6.86. The van der Waals surface area contributed by atoms with Crippen molar-refractivity contribution in [3.63, 3.8) is 0 Å². The number of nitro benzene ring substituents is 1. The molecule has 6 aromatic rings. The minimum Gasteiger partial charge on any atom is -0.508 e. The van der Waals surface area contributed by atoms with Crippen LogP contribution in [0.2, 0.25) is 0 Å². The Morgan fingerprint density at radius 2 is 1.40 bits per heavy atom. The number of benzene rings is 6. The molecule has 2 fully saturated rings. The molecule has 0 aromatic heterocycles. The molecule has 7 atom stereocenters. The number of non-ortho nitro benzene ring substituents is 1. The molecule has 0 radical (unpaired) electrons. The van der Waals surface area contributed by atoms with E-state index in [-0.39, 0.29) is 41.2 Å². The summed E-state index contributed by atoms with van der Waals surface area (Å²) in [7, 11) is 2.22. The van der Waals surface area contributed by atoms with E-state index >= 15 is 14.4 Å². The summed E-state index contributed by atoms with van der Waals surface area (Å²) in [5.74, 6) is -2.10. The first kappa shape index (κ1) is 50.7. The van der Waals surface area contributed by atoms with Gasteiger partial charge in [0, 0.05) is 30.7 Å². The third-order valence-electron chi connectivity index (χ3n) is 13.8. The number of hydrogen-bond donors (Lipinski definition) is 3. The number of fused-ring (bicyclic) bond motifs is 3. The third kappa shape index (κ3) is 9.53. The number of morpholine rings is 1. The molecule has 0 bridgehead atoms. The molecule has 75 heavy (non-hydrogen) atoms. The van der Waals surface area contributed by atoms with E-state index in [9.17, 15) is 34.7 Å². The fraction of sp³-hybridized carbons (Fsp3) is 0.228. The number of nitro groups is 1. The first-order chi connectivity index (χ1) is 36.3. The van der Waals surface area contributed by atoms with Gasteiger partial charge in [0.15, 0.2) is 5.92 Å². The molecule has 2 saturated heterocycles. The molecule has 3 aliphatic rings. The number of cyclic esters (lactones) is 1. The quantitative estimate of drug-likeness (QED) is 0.0267. The Kier molecular flexibility index (Phi) is 14.5. The van der Waals surface area contributed by atoms with Gasteiger partial charge in [0.1, 0.15) is 29.9 Å². The molecule has 3 N–H and O–H groups in total. The number of nitrogens with zero attached hydrogens (tertiary/aromatic N) is 3. The van der Waals surface area contributed by atoms with Gasteiger partial charge in [0.25, 0.3) is 5.69 Å². The van der Waals surface area contributed by atoms with Crippen molar-refractivity contribution in [3.05, 3.63) is 207 Å². The average Bonchev–Trinajstić information content (AvgIpc) is 4.04. The van der Waals surface area contributed by atoms with Crippen LogP contribution in [0.4, 0.5) is 16.2 Å². The summed E-state index contributed by atoms with van der Waals surface area (Å²) in [6.07, 6.45) is -3.86. The lowest BCUT2D eigenvalue weighted by atomic mass is 9.65. The van der Waals surface area contributed by atoms with Crippen LogP contribution in [0.1, 0.15) is 69.7 Å². The van der Waals surface area contributed by atoms with Crippen molar-refractivity contribution >= 4 is 47.2 Å². The number of esters is 3. The summed E-state index contributed by atoms with van der Waals surface area (Å²) in [6.45, 7) is -0.836. The monoisotopic (exact) mass is 1010 g/mol. The van der Waals surface area contributed by atoms with Gasteiger partial charge in [-0.1, -0.05) is 115 Å². The first-order valence-corrected chi connectivity index (χ1v) is 23.7. The summed E-state index contributed by atoms with van der Waals surface area (Å²) < 4.78 is 22.0. The highest BCUT2D eigenvalue weighted by Gasteiger charge is 2.75. The van der Waals surface area contributed by atoms with Gasteiger partial charge in [-0.3, -0.25) is 39.0 Å². The van der Waals surface area contributed by atoms with Crippen LogP contribution < -0.4 is 10.2 Å². The maximum absolute atomic E-state index is 16.5. The average molecular weight is 1010 g/mol. The number of phenolic OH excluding ortho intramolecular Hbond substituents is 1. The number of phenols is 1. The highest BCUT2D eigenvalue weighted by Crippen LogP contribution is 2.66. The second kappa shape index (κ2) is 21.5. The Morgan fingerprint density at radius 3 is 2.01 bits per heavy atom. The number of aliphatic hydroxyl groups excluding tert-OH is 1. The Hall–Kier alpha value is -9.18. The van der Waals surface area contributed by atoms with Crippen LogP contribution in [0.5, 0.6) is 5.75 Å². The van der Waals surface area contributed by atoms with Crippen molar-refractivity contribution in [2.45, 2.75) is 48.8 Å². The molecular weight excluding hydrogens is 965 g/mol. The molecule has 18 heteroatoms. The van der Waals surface area contributed by atoms with E-state index < -0.39 is 94.9 Å². The van der Waals surface area contributed by atoms with Gasteiger partial charge >= 0.3 is 24.0 Å².